The molecule has 0 N–H and O–H groups in total. The monoisotopic (exact) mass is 248 g/mol. The van der Waals surface area contributed by atoms with Crippen molar-refractivity contribution in [3.63, 3.8) is 0 Å². The molecule has 2 fully saturated rings. The maximum atomic E-state index is 12.6. The van der Waals surface area contributed by atoms with Gasteiger partial charge >= 0.3 is 0 Å². The van der Waals surface area contributed by atoms with Gasteiger partial charge in [-0.25, -0.2) is 0 Å². The highest BCUT2D eigenvalue weighted by Gasteiger charge is 2.48. The number of rotatable bonds is 5. The number of aromatic nitrogens is 2. The van der Waals surface area contributed by atoms with E-state index in [4.69, 9.17) is 4.74 Å². The molecule has 1 aromatic rings. The molecule has 3 rings (SSSR count). The molecular formula is C14H20N2O2. The van der Waals surface area contributed by atoms with E-state index in [9.17, 15) is 4.79 Å². The molecule has 2 aliphatic carbocycles. The minimum absolute atomic E-state index is 0.204. The second-order valence-corrected chi connectivity index (χ2v) is 5.57. The summed E-state index contributed by atoms with van der Waals surface area (Å²) in [4.78, 5) is 12.6. The van der Waals surface area contributed by atoms with Crippen LogP contribution in [0.25, 0.3) is 0 Å². The fraction of sp³-hybridized carbons (Fsp3) is 0.714. The molecule has 2 saturated carbocycles. The summed E-state index contributed by atoms with van der Waals surface area (Å²) in [6.45, 7) is 2.87. The lowest BCUT2D eigenvalue weighted by molar-refractivity contribution is 0.0900. The number of fused-ring (bicyclic) bond motifs is 1. The summed E-state index contributed by atoms with van der Waals surface area (Å²) in [7, 11) is 1.61. The highest BCUT2D eigenvalue weighted by molar-refractivity contribution is 5.99. The van der Waals surface area contributed by atoms with Crippen molar-refractivity contribution < 1.29 is 9.53 Å². The molecule has 0 saturated heterocycles. The van der Waals surface area contributed by atoms with Gasteiger partial charge in [-0.05, 0) is 37.5 Å². The van der Waals surface area contributed by atoms with Crippen molar-refractivity contribution in [1.82, 2.24) is 9.78 Å². The first-order valence-corrected chi connectivity index (χ1v) is 6.88. The molecule has 18 heavy (non-hydrogen) atoms. The summed E-state index contributed by atoms with van der Waals surface area (Å²) < 4.78 is 7.10. The van der Waals surface area contributed by atoms with E-state index in [1.807, 2.05) is 4.68 Å². The number of carbonyl (C=O) groups is 1. The Hall–Kier alpha value is -1.32. The molecule has 0 aliphatic heterocycles. The molecule has 4 heteroatoms. The molecule has 0 radical (unpaired) electrons. The van der Waals surface area contributed by atoms with Crippen LogP contribution in [-0.4, -0.2) is 22.7 Å². The highest BCUT2D eigenvalue weighted by Crippen LogP contribution is 2.55. The summed E-state index contributed by atoms with van der Waals surface area (Å²) in [5.74, 6) is 2.73. The SMILES string of the molecule is CCCn1ncc(OC)c1C(=O)C1CC2CC2C1. The fourth-order valence-electron chi connectivity index (χ4n) is 3.27. The second kappa shape index (κ2) is 4.41. The molecule has 0 amide bonds. The van der Waals surface area contributed by atoms with Gasteiger partial charge in [-0.1, -0.05) is 6.92 Å². The van der Waals surface area contributed by atoms with Gasteiger partial charge in [0.1, 0.15) is 5.69 Å². The van der Waals surface area contributed by atoms with Crippen LogP contribution in [0.15, 0.2) is 6.20 Å². The maximum Gasteiger partial charge on any atom is 0.187 e. The first-order chi connectivity index (χ1) is 8.74. The molecule has 0 spiro atoms. The predicted molar refractivity (Wildman–Crippen MR) is 67.7 cm³/mol. The molecule has 2 aliphatic rings. The van der Waals surface area contributed by atoms with Crippen molar-refractivity contribution in [2.24, 2.45) is 17.8 Å². The van der Waals surface area contributed by atoms with Crippen molar-refractivity contribution >= 4 is 5.78 Å². The van der Waals surface area contributed by atoms with Gasteiger partial charge in [0.15, 0.2) is 11.5 Å². The average molecular weight is 248 g/mol. The number of carbonyl (C=O) groups excluding carboxylic acids is 1. The number of hydrogen-bond acceptors (Lipinski definition) is 3. The minimum atomic E-state index is 0.204. The van der Waals surface area contributed by atoms with Crippen LogP contribution in [0.3, 0.4) is 0 Å². The van der Waals surface area contributed by atoms with Gasteiger partial charge in [0.05, 0.1) is 13.3 Å². The summed E-state index contributed by atoms with van der Waals surface area (Å²) in [5, 5.41) is 4.27. The molecule has 2 unspecified atom stereocenters. The lowest BCUT2D eigenvalue weighted by atomic mass is 9.96. The summed E-state index contributed by atoms with van der Waals surface area (Å²) in [6.07, 6.45) is 6.13. The molecule has 0 aromatic carbocycles. The van der Waals surface area contributed by atoms with Gasteiger partial charge in [0.2, 0.25) is 0 Å². The molecule has 0 bridgehead atoms. The number of Topliss-reactive ketones (excluding diaryl/α,β-unsaturated/α-hetero) is 1. The van der Waals surface area contributed by atoms with E-state index in [0.29, 0.717) is 11.4 Å². The first kappa shape index (κ1) is 11.8. The Bertz CT molecular complexity index is 456. The van der Waals surface area contributed by atoms with Gasteiger partial charge < -0.3 is 4.74 Å². The number of nitrogens with zero attached hydrogens (tertiary/aromatic N) is 2. The lowest BCUT2D eigenvalue weighted by Gasteiger charge is -2.13. The van der Waals surface area contributed by atoms with Crippen molar-refractivity contribution in [2.75, 3.05) is 7.11 Å². The van der Waals surface area contributed by atoms with Crippen molar-refractivity contribution in [3.05, 3.63) is 11.9 Å². The number of methoxy groups -OCH3 is 1. The van der Waals surface area contributed by atoms with E-state index in [1.54, 1.807) is 13.3 Å². The standard InChI is InChI=1S/C14H20N2O2/c1-3-4-16-13(12(18-2)8-15-16)14(17)11-6-9-5-10(9)7-11/h8-11H,3-7H2,1-2H3. The van der Waals surface area contributed by atoms with Crippen LogP contribution in [0, 0.1) is 17.8 Å². The fourth-order valence-corrected chi connectivity index (χ4v) is 3.27. The smallest absolute Gasteiger partial charge is 0.187 e. The van der Waals surface area contributed by atoms with Crippen molar-refractivity contribution in [3.8, 4) is 5.75 Å². The van der Waals surface area contributed by atoms with Crippen LogP contribution in [0.2, 0.25) is 0 Å². The Labute approximate surface area is 107 Å². The Balaban J connectivity index is 1.84. The van der Waals surface area contributed by atoms with E-state index < -0.39 is 0 Å². The van der Waals surface area contributed by atoms with Crippen LogP contribution >= 0.6 is 0 Å². The third-order valence-corrected chi connectivity index (χ3v) is 4.31. The van der Waals surface area contributed by atoms with Crippen molar-refractivity contribution in [1.29, 1.82) is 0 Å². The maximum absolute atomic E-state index is 12.6. The average Bonchev–Trinajstić information content (AvgIpc) is 2.83. The molecule has 4 nitrogen and oxygen atoms in total. The normalized spacial score (nSPS) is 29.1. The van der Waals surface area contributed by atoms with E-state index in [2.05, 4.69) is 12.0 Å². The summed E-state index contributed by atoms with van der Waals surface area (Å²) >= 11 is 0. The number of hydrogen-bond donors (Lipinski definition) is 0. The molecule has 1 aromatic heterocycles. The van der Waals surface area contributed by atoms with Gasteiger partial charge in [-0.15, -0.1) is 0 Å². The summed E-state index contributed by atoms with van der Waals surface area (Å²) in [6, 6.07) is 0. The van der Waals surface area contributed by atoms with E-state index in [1.165, 1.54) is 6.42 Å². The van der Waals surface area contributed by atoms with Crippen LogP contribution in [-0.2, 0) is 6.54 Å². The zero-order valence-corrected chi connectivity index (χ0v) is 11.1. The number of ether oxygens (including phenoxy) is 1. The molecule has 2 atom stereocenters. The zero-order valence-electron chi connectivity index (χ0n) is 11.1. The first-order valence-electron chi connectivity index (χ1n) is 6.88. The lowest BCUT2D eigenvalue weighted by Crippen LogP contribution is -2.19. The number of aryl methyl sites for hydroxylation is 1. The largest absolute Gasteiger partial charge is 0.493 e. The van der Waals surface area contributed by atoms with E-state index in [-0.39, 0.29) is 11.7 Å². The van der Waals surface area contributed by atoms with Gasteiger partial charge in [-0.2, -0.15) is 5.10 Å². The third-order valence-electron chi connectivity index (χ3n) is 4.31. The minimum Gasteiger partial charge on any atom is -0.493 e. The Morgan fingerprint density at radius 2 is 2.17 bits per heavy atom. The second-order valence-electron chi connectivity index (χ2n) is 5.57. The van der Waals surface area contributed by atoms with Crippen LogP contribution in [0.4, 0.5) is 0 Å². The third kappa shape index (κ3) is 1.84. The van der Waals surface area contributed by atoms with Crippen LogP contribution in [0.1, 0.15) is 43.1 Å². The Morgan fingerprint density at radius 3 is 2.78 bits per heavy atom. The van der Waals surface area contributed by atoms with Gasteiger partial charge in [0, 0.05) is 12.5 Å². The van der Waals surface area contributed by atoms with Gasteiger partial charge in [0.25, 0.3) is 0 Å². The molecule has 1 heterocycles. The quantitative estimate of drug-likeness (QED) is 0.752. The van der Waals surface area contributed by atoms with E-state index in [0.717, 1.165) is 37.6 Å². The molecular weight excluding hydrogens is 228 g/mol. The highest BCUT2D eigenvalue weighted by atomic mass is 16.5. The molecule has 98 valence electrons. The van der Waals surface area contributed by atoms with Crippen molar-refractivity contribution in [2.45, 2.75) is 39.2 Å². The Morgan fingerprint density at radius 1 is 1.44 bits per heavy atom. The Kier molecular flexibility index (Phi) is 2.88. The van der Waals surface area contributed by atoms with Crippen LogP contribution in [0.5, 0.6) is 5.75 Å². The van der Waals surface area contributed by atoms with Crippen LogP contribution < -0.4 is 4.74 Å². The predicted octanol–water partition coefficient (Wildman–Crippen LogP) is 2.53. The zero-order chi connectivity index (χ0) is 12.7. The topological polar surface area (TPSA) is 44.1 Å². The summed E-state index contributed by atoms with van der Waals surface area (Å²) in [5.41, 5.74) is 0.686. The number of ketones is 1. The van der Waals surface area contributed by atoms with E-state index >= 15 is 0 Å². The van der Waals surface area contributed by atoms with Gasteiger partial charge in [-0.3, -0.25) is 9.48 Å².